The monoisotopic (exact) mass is 403 g/mol. The van der Waals surface area contributed by atoms with Gasteiger partial charge in [0, 0.05) is 12.5 Å². The fourth-order valence-electron chi connectivity index (χ4n) is 2.68. The van der Waals surface area contributed by atoms with Crippen LogP contribution in [0.25, 0.3) is 21.9 Å². The maximum atomic E-state index is 10.7. The van der Waals surface area contributed by atoms with Crippen molar-refractivity contribution in [1.29, 1.82) is 0 Å². The molecule has 28 heavy (non-hydrogen) atoms. The summed E-state index contributed by atoms with van der Waals surface area (Å²) in [4.78, 5) is 15.9. The summed E-state index contributed by atoms with van der Waals surface area (Å²) < 4.78 is 19.5. The standard InChI is InChI=1S/C17H17N5O5S/c1-25-10-6-14(27-5-3-4-15(23)24)13-7-11(19-21(13)8-10)12-9-22-16(18-12)28-17(20-22)26-2/h6-9H,3-5H2,1-2H3,(H,23,24). The van der Waals surface area contributed by atoms with Gasteiger partial charge in [-0.25, -0.2) is 14.0 Å². The number of nitrogens with zero attached hydrogens (tertiary/aromatic N) is 5. The lowest BCUT2D eigenvalue weighted by molar-refractivity contribution is -0.137. The topological polar surface area (TPSA) is 112 Å². The number of aliphatic carboxylic acids is 1. The van der Waals surface area contributed by atoms with Crippen molar-refractivity contribution in [3.05, 3.63) is 24.5 Å². The normalized spacial score (nSPS) is 11.2. The summed E-state index contributed by atoms with van der Waals surface area (Å²) in [5, 5.41) is 18.1. The first-order valence-corrected chi connectivity index (χ1v) is 9.21. The molecule has 0 bridgehead atoms. The molecule has 0 aliphatic carbocycles. The number of ether oxygens (including phenoxy) is 3. The molecular weight excluding hydrogens is 386 g/mol. The highest BCUT2D eigenvalue weighted by Crippen LogP contribution is 2.30. The Hall–Kier alpha value is -3.34. The first kappa shape index (κ1) is 18.0. The summed E-state index contributed by atoms with van der Waals surface area (Å²) >= 11 is 1.34. The molecule has 0 radical (unpaired) electrons. The average Bonchev–Trinajstić information content (AvgIpc) is 3.36. The number of aromatic nitrogens is 5. The van der Waals surface area contributed by atoms with Gasteiger partial charge < -0.3 is 19.3 Å². The van der Waals surface area contributed by atoms with Crippen LogP contribution in [-0.2, 0) is 4.79 Å². The van der Waals surface area contributed by atoms with Crippen LogP contribution in [0.2, 0.25) is 0 Å². The molecule has 0 amide bonds. The van der Waals surface area contributed by atoms with Gasteiger partial charge in [0.2, 0.25) is 4.96 Å². The first-order valence-electron chi connectivity index (χ1n) is 8.40. The van der Waals surface area contributed by atoms with E-state index in [2.05, 4.69) is 15.2 Å². The third kappa shape index (κ3) is 3.43. The second kappa shape index (κ2) is 7.35. The van der Waals surface area contributed by atoms with Crippen molar-refractivity contribution in [3.8, 4) is 28.1 Å². The Bertz CT molecular complexity index is 1120. The predicted octanol–water partition coefficient (Wildman–Crippen LogP) is 2.37. The van der Waals surface area contributed by atoms with Crippen LogP contribution in [0.1, 0.15) is 12.8 Å². The van der Waals surface area contributed by atoms with E-state index in [1.165, 1.54) is 11.3 Å². The van der Waals surface area contributed by atoms with Gasteiger partial charge in [-0.15, -0.1) is 5.10 Å². The Balaban J connectivity index is 1.66. The average molecular weight is 403 g/mol. The van der Waals surface area contributed by atoms with Crippen LogP contribution >= 0.6 is 11.3 Å². The second-order valence-electron chi connectivity index (χ2n) is 5.87. The van der Waals surface area contributed by atoms with Crippen LogP contribution in [-0.4, -0.2) is 56.1 Å². The lowest BCUT2D eigenvalue weighted by Gasteiger charge is -2.09. The molecule has 0 atom stereocenters. The van der Waals surface area contributed by atoms with Gasteiger partial charge in [-0.1, -0.05) is 0 Å². The van der Waals surface area contributed by atoms with Crippen LogP contribution < -0.4 is 14.2 Å². The van der Waals surface area contributed by atoms with Crippen LogP contribution in [0.4, 0.5) is 0 Å². The number of methoxy groups -OCH3 is 2. The summed E-state index contributed by atoms with van der Waals surface area (Å²) in [6.07, 6.45) is 3.97. The molecule has 146 valence electrons. The summed E-state index contributed by atoms with van der Waals surface area (Å²) in [6.45, 7) is 0.277. The number of rotatable bonds is 8. The van der Waals surface area contributed by atoms with Gasteiger partial charge in [0.25, 0.3) is 5.19 Å². The maximum Gasteiger partial charge on any atom is 0.303 e. The summed E-state index contributed by atoms with van der Waals surface area (Å²) in [5.41, 5.74) is 2.05. The van der Waals surface area contributed by atoms with E-state index in [4.69, 9.17) is 19.3 Å². The van der Waals surface area contributed by atoms with Crippen molar-refractivity contribution in [2.24, 2.45) is 0 Å². The summed E-state index contributed by atoms with van der Waals surface area (Å²) in [6, 6.07) is 3.61. The fraction of sp³-hybridized carbons (Fsp3) is 0.294. The molecule has 0 fully saturated rings. The summed E-state index contributed by atoms with van der Waals surface area (Å²) in [7, 11) is 3.12. The number of imidazole rings is 1. The predicted molar refractivity (Wildman–Crippen MR) is 101 cm³/mol. The largest absolute Gasteiger partial charge is 0.495 e. The third-order valence-corrected chi connectivity index (χ3v) is 4.88. The SMILES string of the molecule is COc1cc(OCCCC(=O)O)c2cc(-c3cn4nc(OC)sc4n3)nn2c1. The van der Waals surface area contributed by atoms with Gasteiger partial charge in [0.15, 0.2) is 0 Å². The van der Waals surface area contributed by atoms with E-state index < -0.39 is 5.97 Å². The molecule has 0 aliphatic heterocycles. The Morgan fingerprint density at radius 3 is 2.71 bits per heavy atom. The van der Waals surface area contributed by atoms with E-state index in [0.29, 0.717) is 39.5 Å². The van der Waals surface area contributed by atoms with Gasteiger partial charge in [-0.2, -0.15) is 5.10 Å². The van der Waals surface area contributed by atoms with Gasteiger partial charge in [0.05, 0.1) is 33.2 Å². The van der Waals surface area contributed by atoms with E-state index in [0.717, 1.165) is 5.52 Å². The number of fused-ring (bicyclic) bond motifs is 2. The molecule has 0 saturated heterocycles. The number of hydrogen-bond donors (Lipinski definition) is 1. The quantitative estimate of drug-likeness (QED) is 0.446. The lowest BCUT2D eigenvalue weighted by Crippen LogP contribution is -2.03. The van der Waals surface area contributed by atoms with Gasteiger partial charge in [-0.05, 0) is 23.8 Å². The van der Waals surface area contributed by atoms with Gasteiger partial charge >= 0.3 is 5.97 Å². The molecular formula is C17H17N5O5S. The Labute approximate surface area is 162 Å². The first-order chi connectivity index (χ1) is 13.6. The molecule has 0 aliphatic rings. The molecule has 0 unspecified atom stereocenters. The second-order valence-corrected chi connectivity index (χ2v) is 6.79. The van der Waals surface area contributed by atoms with Gasteiger partial charge in [-0.3, -0.25) is 4.79 Å². The molecule has 0 spiro atoms. The molecule has 0 aromatic carbocycles. The molecule has 4 aromatic rings. The summed E-state index contributed by atoms with van der Waals surface area (Å²) in [5.74, 6) is 0.285. The minimum Gasteiger partial charge on any atom is -0.495 e. The maximum absolute atomic E-state index is 10.7. The highest BCUT2D eigenvalue weighted by Gasteiger charge is 2.16. The van der Waals surface area contributed by atoms with Crippen LogP contribution in [0.3, 0.4) is 0 Å². The van der Waals surface area contributed by atoms with Crippen molar-refractivity contribution in [1.82, 2.24) is 24.2 Å². The van der Waals surface area contributed by atoms with E-state index >= 15 is 0 Å². The Morgan fingerprint density at radius 1 is 1.14 bits per heavy atom. The van der Waals surface area contributed by atoms with Gasteiger partial charge in [0.1, 0.15) is 28.4 Å². The zero-order valence-electron chi connectivity index (χ0n) is 15.2. The van der Waals surface area contributed by atoms with E-state index in [1.807, 2.05) is 6.07 Å². The molecule has 4 aromatic heterocycles. The molecule has 4 heterocycles. The molecule has 4 rings (SSSR count). The fourth-order valence-corrected chi connectivity index (χ4v) is 3.38. The molecule has 10 nitrogen and oxygen atoms in total. The van der Waals surface area contributed by atoms with Crippen molar-refractivity contribution < 1.29 is 24.1 Å². The minimum atomic E-state index is -0.851. The van der Waals surface area contributed by atoms with Crippen LogP contribution in [0.5, 0.6) is 16.7 Å². The van der Waals surface area contributed by atoms with Crippen molar-refractivity contribution in [3.63, 3.8) is 0 Å². The highest BCUT2D eigenvalue weighted by atomic mass is 32.1. The number of carbonyl (C=O) groups is 1. The molecule has 11 heteroatoms. The Morgan fingerprint density at radius 2 is 2.00 bits per heavy atom. The Kier molecular flexibility index (Phi) is 4.74. The van der Waals surface area contributed by atoms with E-state index in [-0.39, 0.29) is 13.0 Å². The van der Waals surface area contributed by atoms with Crippen molar-refractivity contribution in [2.75, 3.05) is 20.8 Å². The third-order valence-electron chi connectivity index (χ3n) is 4.00. The van der Waals surface area contributed by atoms with Crippen molar-refractivity contribution in [2.45, 2.75) is 12.8 Å². The molecule has 1 N–H and O–H groups in total. The molecule has 0 saturated carbocycles. The van der Waals surface area contributed by atoms with Crippen LogP contribution in [0, 0.1) is 0 Å². The van der Waals surface area contributed by atoms with E-state index in [1.54, 1.807) is 41.7 Å². The van der Waals surface area contributed by atoms with Crippen molar-refractivity contribution >= 4 is 27.8 Å². The number of carboxylic acid groups (broad SMARTS) is 1. The smallest absolute Gasteiger partial charge is 0.303 e. The number of pyridine rings is 1. The van der Waals surface area contributed by atoms with E-state index in [9.17, 15) is 4.79 Å². The number of hydrogen-bond acceptors (Lipinski definition) is 8. The zero-order valence-corrected chi connectivity index (χ0v) is 16.0. The zero-order chi connectivity index (χ0) is 19.7. The van der Waals surface area contributed by atoms with Crippen LogP contribution in [0.15, 0.2) is 24.5 Å². The lowest BCUT2D eigenvalue weighted by atomic mass is 10.3. The minimum absolute atomic E-state index is 0.0482. The highest BCUT2D eigenvalue weighted by molar-refractivity contribution is 7.18. The number of carboxylic acids is 1.